The molecule has 0 spiro atoms. The maximum Gasteiger partial charge on any atom is 0.255 e. The average Bonchev–Trinajstić information content (AvgIpc) is 3.50. The minimum atomic E-state index is -0.635. The third-order valence-corrected chi connectivity index (χ3v) is 9.54. The second kappa shape index (κ2) is 10.1. The van der Waals surface area contributed by atoms with Crippen LogP contribution in [0.15, 0.2) is 48.7 Å². The standard InChI is InChI=1S/C31H40N4O3/c1-30(37)13-8-25(9-14-30)34-29(36)27-17-22(18-33-28(27)32)21-4-6-23(7-5-21)31-12-2-3-24(31)19-35(20-31)26-10-15-38-16-11-26/h2-7,17-18,24-26,37H,8-16,19-20H2,1H3,(H2,32,33)(H,34,36)/t24-,25?,30?,31+/m1/s1. The molecule has 0 unspecified atom stereocenters. The molecule has 38 heavy (non-hydrogen) atoms. The number of nitrogens with zero attached hydrogens (tertiary/aromatic N) is 2. The summed E-state index contributed by atoms with van der Waals surface area (Å²) in [7, 11) is 0. The summed E-state index contributed by atoms with van der Waals surface area (Å²) in [6.07, 6.45) is 12.8. The van der Waals surface area contributed by atoms with Crippen molar-refractivity contribution in [1.82, 2.24) is 15.2 Å². The molecule has 7 heteroatoms. The van der Waals surface area contributed by atoms with Gasteiger partial charge in [-0.2, -0.15) is 0 Å². The first kappa shape index (κ1) is 25.5. The molecular weight excluding hydrogens is 476 g/mol. The quantitative estimate of drug-likeness (QED) is 0.518. The minimum absolute atomic E-state index is 0.0457. The van der Waals surface area contributed by atoms with Gasteiger partial charge in [0.1, 0.15) is 5.82 Å². The zero-order valence-corrected chi connectivity index (χ0v) is 22.4. The number of anilines is 1. The molecule has 2 aliphatic heterocycles. The topological polar surface area (TPSA) is 101 Å². The van der Waals surface area contributed by atoms with Gasteiger partial charge in [0.15, 0.2) is 0 Å². The van der Waals surface area contributed by atoms with Crippen LogP contribution in [0.1, 0.15) is 67.8 Å². The van der Waals surface area contributed by atoms with E-state index in [0.717, 1.165) is 69.5 Å². The van der Waals surface area contributed by atoms with Crippen molar-refractivity contribution < 1.29 is 14.6 Å². The van der Waals surface area contributed by atoms with Gasteiger partial charge in [-0.3, -0.25) is 9.69 Å². The number of carbonyl (C=O) groups excluding carboxylic acids is 1. The number of nitrogens with one attached hydrogen (secondary N) is 1. The zero-order chi connectivity index (χ0) is 26.3. The summed E-state index contributed by atoms with van der Waals surface area (Å²) in [6.45, 7) is 5.84. The highest BCUT2D eigenvalue weighted by Gasteiger charge is 2.49. The maximum atomic E-state index is 13.1. The van der Waals surface area contributed by atoms with Gasteiger partial charge in [-0.25, -0.2) is 4.98 Å². The van der Waals surface area contributed by atoms with E-state index >= 15 is 0 Å². The number of aromatic nitrogens is 1. The Morgan fingerprint density at radius 1 is 1.13 bits per heavy atom. The summed E-state index contributed by atoms with van der Waals surface area (Å²) >= 11 is 0. The van der Waals surface area contributed by atoms with Crippen LogP contribution in [0.5, 0.6) is 0 Å². The number of allylic oxidation sites excluding steroid dienone is 1. The number of ether oxygens (including phenoxy) is 1. The Morgan fingerprint density at radius 3 is 2.61 bits per heavy atom. The van der Waals surface area contributed by atoms with Crippen LogP contribution in [-0.2, 0) is 10.2 Å². The van der Waals surface area contributed by atoms with Crippen LogP contribution in [0.2, 0.25) is 0 Å². The van der Waals surface area contributed by atoms with Crippen LogP contribution in [0.25, 0.3) is 11.1 Å². The van der Waals surface area contributed by atoms with Crippen molar-refractivity contribution in [3.63, 3.8) is 0 Å². The molecule has 2 atom stereocenters. The zero-order valence-electron chi connectivity index (χ0n) is 22.4. The summed E-state index contributed by atoms with van der Waals surface area (Å²) < 4.78 is 5.61. The first-order chi connectivity index (χ1) is 18.3. The third kappa shape index (κ3) is 4.88. The van der Waals surface area contributed by atoms with Gasteiger partial charge < -0.3 is 20.9 Å². The number of pyridine rings is 1. The van der Waals surface area contributed by atoms with E-state index in [2.05, 4.69) is 51.6 Å². The van der Waals surface area contributed by atoms with Crippen LogP contribution in [0.4, 0.5) is 5.82 Å². The summed E-state index contributed by atoms with van der Waals surface area (Å²) in [5.74, 6) is 0.592. The lowest BCUT2D eigenvalue weighted by Gasteiger charge is -2.34. The predicted molar refractivity (Wildman–Crippen MR) is 149 cm³/mol. The monoisotopic (exact) mass is 516 g/mol. The Morgan fingerprint density at radius 2 is 1.87 bits per heavy atom. The fourth-order valence-corrected chi connectivity index (χ4v) is 7.08. The molecule has 2 aromatic rings. The lowest BCUT2D eigenvalue weighted by Crippen LogP contribution is -2.42. The molecular formula is C31H40N4O3. The molecule has 202 valence electrons. The van der Waals surface area contributed by atoms with Crippen LogP contribution >= 0.6 is 0 Å². The van der Waals surface area contributed by atoms with Crippen molar-refractivity contribution in [2.45, 2.75) is 75.0 Å². The van der Waals surface area contributed by atoms with Gasteiger partial charge in [0.25, 0.3) is 5.91 Å². The number of fused-ring (bicyclic) bond motifs is 1. The van der Waals surface area contributed by atoms with Crippen LogP contribution in [-0.4, -0.2) is 64.9 Å². The van der Waals surface area contributed by atoms with E-state index in [1.54, 1.807) is 6.20 Å². The Balaban J connectivity index is 1.18. The number of likely N-dealkylation sites (tertiary alicyclic amines) is 1. The lowest BCUT2D eigenvalue weighted by atomic mass is 9.73. The highest BCUT2D eigenvalue weighted by atomic mass is 16.5. The molecule has 3 fully saturated rings. The summed E-state index contributed by atoms with van der Waals surface area (Å²) in [5, 5.41) is 13.3. The normalized spacial score (nSPS) is 31.8. The number of carbonyl (C=O) groups is 1. The second-order valence-corrected chi connectivity index (χ2v) is 12.1. The lowest BCUT2D eigenvalue weighted by molar-refractivity contribution is 0.0140. The van der Waals surface area contributed by atoms with Crippen molar-refractivity contribution in [2.24, 2.45) is 5.92 Å². The Labute approximate surface area is 225 Å². The van der Waals surface area contributed by atoms with Crippen LogP contribution < -0.4 is 11.1 Å². The molecule has 2 aliphatic carbocycles. The largest absolute Gasteiger partial charge is 0.390 e. The van der Waals surface area contributed by atoms with Gasteiger partial charge in [0.05, 0.1) is 11.2 Å². The Bertz CT molecular complexity index is 1190. The smallest absolute Gasteiger partial charge is 0.255 e. The van der Waals surface area contributed by atoms with Crippen molar-refractivity contribution in [3.8, 4) is 11.1 Å². The van der Waals surface area contributed by atoms with E-state index in [1.807, 2.05) is 13.0 Å². The molecule has 7 nitrogen and oxygen atoms in total. The number of amides is 1. The van der Waals surface area contributed by atoms with Gasteiger partial charge in [0.2, 0.25) is 0 Å². The number of hydrogen-bond acceptors (Lipinski definition) is 6. The average molecular weight is 517 g/mol. The molecule has 1 amide bonds. The highest BCUT2D eigenvalue weighted by Crippen LogP contribution is 2.48. The molecule has 1 saturated carbocycles. The third-order valence-electron chi connectivity index (χ3n) is 9.54. The number of nitrogens with two attached hydrogens (primary N) is 1. The Hall–Kier alpha value is -2.74. The number of benzene rings is 1. The first-order valence-electron chi connectivity index (χ1n) is 14.2. The Kier molecular flexibility index (Phi) is 6.79. The van der Waals surface area contributed by atoms with Gasteiger partial charge >= 0.3 is 0 Å². The van der Waals surface area contributed by atoms with Gasteiger partial charge in [-0.05, 0) is 69.1 Å². The minimum Gasteiger partial charge on any atom is -0.390 e. The van der Waals surface area contributed by atoms with E-state index in [9.17, 15) is 9.90 Å². The fourth-order valence-electron chi connectivity index (χ4n) is 7.08. The van der Waals surface area contributed by atoms with E-state index in [4.69, 9.17) is 10.5 Å². The predicted octanol–water partition coefficient (Wildman–Crippen LogP) is 4.06. The molecule has 2 saturated heterocycles. The molecule has 1 aromatic carbocycles. The molecule has 4 N–H and O–H groups in total. The molecule has 6 rings (SSSR count). The van der Waals surface area contributed by atoms with Crippen LogP contribution in [0.3, 0.4) is 0 Å². The number of rotatable bonds is 5. The number of nitrogen functional groups attached to an aromatic ring is 1. The van der Waals surface area contributed by atoms with Crippen LogP contribution in [0, 0.1) is 5.92 Å². The van der Waals surface area contributed by atoms with Gasteiger partial charge in [-0.1, -0.05) is 36.4 Å². The molecule has 1 aromatic heterocycles. The second-order valence-electron chi connectivity index (χ2n) is 12.1. The number of aliphatic hydroxyl groups is 1. The first-order valence-corrected chi connectivity index (χ1v) is 14.2. The van der Waals surface area contributed by atoms with E-state index < -0.39 is 5.60 Å². The van der Waals surface area contributed by atoms with E-state index in [-0.39, 0.29) is 23.2 Å². The van der Waals surface area contributed by atoms with E-state index in [1.165, 1.54) is 5.56 Å². The SMILES string of the molecule is CC1(O)CCC(NC(=O)c2cc(-c3ccc([C@@]45CC=C[C@@H]4CN(C4CCOCC4)C5)cc3)cnc2N)CC1. The van der Waals surface area contributed by atoms with Gasteiger partial charge in [-0.15, -0.1) is 0 Å². The van der Waals surface area contributed by atoms with Gasteiger partial charge in [0, 0.05) is 61.5 Å². The highest BCUT2D eigenvalue weighted by molar-refractivity contribution is 5.99. The molecule has 0 bridgehead atoms. The summed E-state index contributed by atoms with van der Waals surface area (Å²) in [4.78, 5) is 20.1. The number of hydrogen-bond donors (Lipinski definition) is 3. The van der Waals surface area contributed by atoms with Crippen molar-refractivity contribution >= 4 is 11.7 Å². The molecule has 3 heterocycles. The molecule has 0 radical (unpaired) electrons. The van der Waals surface area contributed by atoms with Crippen molar-refractivity contribution in [2.75, 3.05) is 32.0 Å². The summed E-state index contributed by atoms with van der Waals surface area (Å²) in [6, 6.07) is 11.4. The van der Waals surface area contributed by atoms with Crippen molar-refractivity contribution in [1.29, 1.82) is 0 Å². The maximum absolute atomic E-state index is 13.1. The van der Waals surface area contributed by atoms with E-state index in [0.29, 0.717) is 30.4 Å². The van der Waals surface area contributed by atoms with Crippen molar-refractivity contribution in [3.05, 3.63) is 59.8 Å². The fraction of sp³-hybridized carbons (Fsp3) is 0.548. The molecule has 4 aliphatic rings. The summed E-state index contributed by atoms with van der Waals surface area (Å²) in [5.41, 5.74) is 9.35.